The molecule has 76 valence electrons. The fraction of sp³-hybridized carbons (Fsp3) is 0.889. The molecule has 0 aromatic heterocycles. The highest BCUT2D eigenvalue weighted by Gasteiger charge is 2.41. The minimum absolute atomic E-state index is 0.0769. The number of rotatable bonds is 6. The molecule has 0 aromatic carbocycles. The van der Waals surface area contributed by atoms with Gasteiger partial charge in [-0.2, -0.15) is 0 Å². The summed E-state index contributed by atoms with van der Waals surface area (Å²) in [6.07, 6.45) is 2.40. The van der Waals surface area contributed by atoms with Crippen LogP contribution in [0.5, 0.6) is 0 Å². The lowest BCUT2D eigenvalue weighted by atomic mass is 10.3. The Hall–Kier alpha value is -0.610. The van der Waals surface area contributed by atoms with Gasteiger partial charge in [-0.15, -0.1) is 0 Å². The quantitative estimate of drug-likeness (QED) is 0.577. The van der Waals surface area contributed by atoms with E-state index in [2.05, 4.69) is 5.32 Å². The molecule has 4 nitrogen and oxygen atoms in total. The van der Waals surface area contributed by atoms with Crippen molar-refractivity contribution in [3.63, 3.8) is 0 Å². The van der Waals surface area contributed by atoms with E-state index in [-0.39, 0.29) is 18.1 Å². The molecular formula is C9H17NO3. The smallest absolute Gasteiger partial charge is 0.307 e. The van der Waals surface area contributed by atoms with Gasteiger partial charge < -0.3 is 15.2 Å². The van der Waals surface area contributed by atoms with Crippen molar-refractivity contribution in [2.45, 2.75) is 31.7 Å². The van der Waals surface area contributed by atoms with E-state index in [0.29, 0.717) is 19.6 Å². The molecule has 0 heterocycles. The van der Waals surface area contributed by atoms with E-state index in [1.807, 2.05) is 0 Å². The van der Waals surface area contributed by atoms with Crippen LogP contribution in [0.4, 0.5) is 0 Å². The molecule has 1 fully saturated rings. The van der Waals surface area contributed by atoms with Crippen molar-refractivity contribution in [2.75, 3.05) is 19.8 Å². The number of hydrogen-bond donors (Lipinski definition) is 2. The first-order chi connectivity index (χ1) is 6.22. The molecule has 0 unspecified atom stereocenters. The van der Waals surface area contributed by atoms with Gasteiger partial charge in [0.2, 0.25) is 0 Å². The summed E-state index contributed by atoms with van der Waals surface area (Å²) in [6.45, 7) is 2.99. The molecule has 0 atom stereocenters. The third kappa shape index (κ3) is 3.32. The van der Waals surface area contributed by atoms with Gasteiger partial charge in [-0.1, -0.05) is 0 Å². The van der Waals surface area contributed by atoms with Crippen LogP contribution < -0.4 is 5.32 Å². The average Bonchev–Trinajstić information content (AvgIpc) is 2.86. The van der Waals surface area contributed by atoms with Gasteiger partial charge in [0.1, 0.15) is 0 Å². The molecule has 2 N–H and O–H groups in total. The van der Waals surface area contributed by atoms with Crippen LogP contribution in [-0.2, 0) is 9.53 Å². The maximum absolute atomic E-state index is 10.9. The van der Waals surface area contributed by atoms with Gasteiger partial charge in [0.05, 0.1) is 19.6 Å². The van der Waals surface area contributed by atoms with Crippen LogP contribution in [0.25, 0.3) is 0 Å². The number of carbonyl (C=O) groups is 1. The number of ether oxygens (including phenoxy) is 1. The lowest BCUT2D eigenvalue weighted by Crippen LogP contribution is -2.36. The summed E-state index contributed by atoms with van der Waals surface area (Å²) in [4.78, 5) is 10.9. The molecular weight excluding hydrogens is 170 g/mol. The predicted molar refractivity (Wildman–Crippen MR) is 48.3 cm³/mol. The van der Waals surface area contributed by atoms with E-state index in [4.69, 9.17) is 9.84 Å². The average molecular weight is 187 g/mol. The van der Waals surface area contributed by atoms with Crippen molar-refractivity contribution in [2.24, 2.45) is 0 Å². The van der Waals surface area contributed by atoms with Crippen molar-refractivity contribution in [3.05, 3.63) is 0 Å². The number of aliphatic hydroxyl groups is 1. The summed E-state index contributed by atoms with van der Waals surface area (Å²) in [7, 11) is 0. The number of aliphatic hydroxyl groups excluding tert-OH is 1. The summed E-state index contributed by atoms with van der Waals surface area (Å²) in [5.74, 6) is -0.177. The van der Waals surface area contributed by atoms with Crippen molar-refractivity contribution < 1.29 is 14.6 Å². The van der Waals surface area contributed by atoms with Gasteiger partial charge in [0, 0.05) is 12.1 Å². The molecule has 0 bridgehead atoms. The zero-order valence-electron chi connectivity index (χ0n) is 8.01. The van der Waals surface area contributed by atoms with Crippen molar-refractivity contribution in [1.82, 2.24) is 5.32 Å². The van der Waals surface area contributed by atoms with E-state index in [0.717, 1.165) is 12.8 Å². The Kier molecular flexibility index (Phi) is 3.69. The minimum Gasteiger partial charge on any atom is -0.466 e. The Labute approximate surface area is 78.3 Å². The van der Waals surface area contributed by atoms with Crippen LogP contribution in [0.15, 0.2) is 0 Å². The maximum atomic E-state index is 10.9. The highest BCUT2D eigenvalue weighted by atomic mass is 16.5. The summed E-state index contributed by atoms with van der Waals surface area (Å²) in [6, 6.07) is 0. The van der Waals surface area contributed by atoms with Crippen molar-refractivity contribution in [1.29, 1.82) is 0 Å². The van der Waals surface area contributed by atoms with Crippen LogP contribution in [0.2, 0.25) is 0 Å². The van der Waals surface area contributed by atoms with E-state index in [1.165, 1.54) is 0 Å². The molecule has 0 amide bonds. The van der Waals surface area contributed by atoms with E-state index in [1.54, 1.807) is 6.92 Å². The van der Waals surface area contributed by atoms with Crippen molar-refractivity contribution in [3.8, 4) is 0 Å². The lowest BCUT2D eigenvalue weighted by molar-refractivity contribution is -0.143. The van der Waals surface area contributed by atoms with Gasteiger partial charge in [0.15, 0.2) is 0 Å². The Bertz CT molecular complexity index is 178. The van der Waals surface area contributed by atoms with Crippen LogP contribution in [0, 0.1) is 0 Å². The summed E-state index contributed by atoms with van der Waals surface area (Å²) in [5.41, 5.74) is -0.0769. The second-order valence-electron chi connectivity index (χ2n) is 3.42. The molecule has 1 rings (SSSR count). The molecule has 0 radical (unpaired) electrons. The Balaban J connectivity index is 2.03. The molecule has 1 aliphatic rings. The van der Waals surface area contributed by atoms with Gasteiger partial charge in [-0.3, -0.25) is 4.79 Å². The lowest BCUT2D eigenvalue weighted by Gasteiger charge is -2.13. The van der Waals surface area contributed by atoms with Gasteiger partial charge in [-0.25, -0.2) is 0 Å². The molecule has 0 spiro atoms. The van der Waals surface area contributed by atoms with E-state index >= 15 is 0 Å². The van der Waals surface area contributed by atoms with Crippen LogP contribution in [0.3, 0.4) is 0 Å². The Morgan fingerprint density at radius 2 is 2.31 bits per heavy atom. The number of carbonyl (C=O) groups excluding carboxylic acids is 1. The standard InChI is InChI=1S/C9H17NO3/c1-2-13-8(12)3-6-10-9(7-11)4-5-9/h10-11H,2-7H2,1H3. The molecule has 0 aliphatic heterocycles. The van der Waals surface area contributed by atoms with Crippen LogP contribution in [0.1, 0.15) is 26.2 Å². The zero-order valence-corrected chi connectivity index (χ0v) is 8.01. The number of hydrogen-bond acceptors (Lipinski definition) is 4. The zero-order chi connectivity index (χ0) is 9.73. The van der Waals surface area contributed by atoms with E-state index < -0.39 is 0 Å². The van der Waals surface area contributed by atoms with Gasteiger partial charge in [-0.05, 0) is 19.8 Å². The molecule has 0 aromatic rings. The summed E-state index contributed by atoms with van der Waals surface area (Å²) < 4.78 is 4.77. The topological polar surface area (TPSA) is 58.6 Å². The predicted octanol–water partition coefficient (Wildman–Crippen LogP) is 0.0541. The Morgan fingerprint density at radius 3 is 2.77 bits per heavy atom. The van der Waals surface area contributed by atoms with Crippen molar-refractivity contribution >= 4 is 5.97 Å². The molecule has 0 saturated heterocycles. The monoisotopic (exact) mass is 187 g/mol. The number of esters is 1. The first-order valence-electron chi connectivity index (χ1n) is 4.74. The molecule has 1 saturated carbocycles. The molecule has 1 aliphatic carbocycles. The third-order valence-electron chi connectivity index (χ3n) is 2.29. The first kappa shape index (κ1) is 10.5. The van der Waals surface area contributed by atoms with Gasteiger partial charge in [0.25, 0.3) is 0 Å². The first-order valence-corrected chi connectivity index (χ1v) is 4.74. The second-order valence-corrected chi connectivity index (χ2v) is 3.42. The minimum atomic E-state index is -0.177. The van der Waals surface area contributed by atoms with Gasteiger partial charge >= 0.3 is 5.97 Å². The highest BCUT2D eigenvalue weighted by Crippen LogP contribution is 2.34. The maximum Gasteiger partial charge on any atom is 0.307 e. The van der Waals surface area contributed by atoms with Crippen LogP contribution >= 0.6 is 0 Å². The molecule has 4 heteroatoms. The SMILES string of the molecule is CCOC(=O)CCNC1(CO)CC1. The van der Waals surface area contributed by atoms with E-state index in [9.17, 15) is 4.79 Å². The summed E-state index contributed by atoms with van der Waals surface area (Å²) >= 11 is 0. The highest BCUT2D eigenvalue weighted by molar-refractivity contribution is 5.69. The fourth-order valence-corrected chi connectivity index (χ4v) is 1.20. The second kappa shape index (κ2) is 4.58. The Morgan fingerprint density at radius 1 is 1.62 bits per heavy atom. The third-order valence-corrected chi connectivity index (χ3v) is 2.29. The fourth-order valence-electron chi connectivity index (χ4n) is 1.20. The largest absolute Gasteiger partial charge is 0.466 e. The normalized spacial score (nSPS) is 18.3. The van der Waals surface area contributed by atoms with Crippen LogP contribution in [-0.4, -0.2) is 36.4 Å². The number of nitrogens with one attached hydrogen (secondary N) is 1. The molecule has 13 heavy (non-hydrogen) atoms. The summed E-state index contributed by atoms with van der Waals surface area (Å²) in [5, 5.41) is 12.1.